The van der Waals surface area contributed by atoms with Crippen molar-refractivity contribution in [3.8, 4) is 0 Å². The van der Waals surface area contributed by atoms with E-state index in [0.717, 1.165) is 30.3 Å². The average Bonchev–Trinajstić information content (AvgIpc) is 2.97. The fraction of sp³-hybridized carbons (Fsp3) is 0.267. The van der Waals surface area contributed by atoms with Crippen molar-refractivity contribution >= 4 is 23.0 Å². The highest BCUT2D eigenvalue weighted by molar-refractivity contribution is 7.80. The van der Waals surface area contributed by atoms with Crippen LogP contribution in [-0.4, -0.2) is 11.7 Å². The van der Waals surface area contributed by atoms with Gasteiger partial charge in [0.15, 0.2) is 5.11 Å². The molecule has 3 nitrogen and oxygen atoms in total. The number of hydrogen-bond acceptors (Lipinski definition) is 2. The third-order valence-electron chi connectivity index (χ3n) is 3.35. The summed E-state index contributed by atoms with van der Waals surface area (Å²) in [7, 11) is 0. The maximum absolute atomic E-state index is 5.50. The lowest BCUT2D eigenvalue weighted by Gasteiger charge is -2.31. The van der Waals surface area contributed by atoms with Crippen molar-refractivity contribution in [2.45, 2.75) is 19.4 Å². The van der Waals surface area contributed by atoms with Crippen LogP contribution in [0.15, 0.2) is 47.1 Å². The van der Waals surface area contributed by atoms with Crippen LogP contribution in [0.2, 0.25) is 0 Å². The Labute approximate surface area is 118 Å². The molecule has 2 heterocycles. The van der Waals surface area contributed by atoms with Gasteiger partial charge in [0.05, 0.1) is 12.8 Å². The highest BCUT2D eigenvalue weighted by Crippen LogP contribution is 2.26. The van der Waals surface area contributed by atoms with E-state index in [1.165, 1.54) is 11.3 Å². The van der Waals surface area contributed by atoms with Crippen LogP contribution >= 0.6 is 12.2 Å². The van der Waals surface area contributed by atoms with Crippen molar-refractivity contribution in [3.63, 3.8) is 0 Å². The molecule has 0 bridgehead atoms. The Morgan fingerprint density at radius 3 is 3.00 bits per heavy atom. The summed E-state index contributed by atoms with van der Waals surface area (Å²) in [4.78, 5) is 2.18. The van der Waals surface area contributed by atoms with E-state index in [4.69, 9.17) is 16.6 Å². The monoisotopic (exact) mass is 272 g/mol. The zero-order valence-corrected chi connectivity index (χ0v) is 11.5. The van der Waals surface area contributed by atoms with Gasteiger partial charge in [-0.15, -0.1) is 0 Å². The molecule has 0 aliphatic carbocycles. The molecule has 98 valence electrons. The second-order valence-corrected chi connectivity index (χ2v) is 5.01. The van der Waals surface area contributed by atoms with Crippen LogP contribution < -0.4 is 10.2 Å². The zero-order chi connectivity index (χ0) is 13.1. The molecule has 0 spiro atoms. The van der Waals surface area contributed by atoms with Crippen molar-refractivity contribution < 1.29 is 4.42 Å². The van der Waals surface area contributed by atoms with Crippen LogP contribution in [0.3, 0.4) is 0 Å². The molecule has 2 aromatic rings. The first-order valence-corrected chi connectivity index (χ1v) is 6.91. The SMILES string of the molecule is S=C(NCc1ccco1)N1CCCc2ccccc21. The minimum Gasteiger partial charge on any atom is -0.467 e. The van der Waals surface area contributed by atoms with Crippen molar-refractivity contribution in [1.82, 2.24) is 5.32 Å². The molecule has 3 rings (SSSR count). The number of thiocarbonyl (C=S) groups is 1. The molecule has 1 aliphatic rings. The lowest BCUT2D eigenvalue weighted by atomic mass is 10.0. The maximum atomic E-state index is 5.50. The molecule has 1 N–H and O–H groups in total. The molecule has 0 amide bonds. The molecular formula is C15H16N2OS. The third kappa shape index (κ3) is 2.63. The normalized spacial score (nSPS) is 14.0. The molecule has 0 unspecified atom stereocenters. The number of furan rings is 1. The van der Waals surface area contributed by atoms with E-state index in [2.05, 4.69) is 34.5 Å². The van der Waals surface area contributed by atoms with E-state index < -0.39 is 0 Å². The summed E-state index contributed by atoms with van der Waals surface area (Å²) in [5, 5.41) is 4.03. The molecule has 0 saturated heterocycles. The van der Waals surface area contributed by atoms with Gasteiger partial charge >= 0.3 is 0 Å². The Balaban J connectivity index is 1.71. The number of anilines is 1. The first kappa shape index (κ1) is 12.2. The first-order valence-electron chi connectivity index (χ1n) is 6.50. The van der Waals surface area contributed by atoms with Gasteiger partial charge in [0.2, 0.25) is 0 Å². The highest BCUT2D eigenvalue weighted by atomic mass is 32.1. The predicted octanol–water partition coefficient (Wildman–Crippen LogP) is 3.11. The van der Waals surface area contributed by atoms with Crippen LogP contribution in [0.5, 0.6) is 0 Å². The summed E-state index contributed by atoms with van der Waals surface area (Å²) in [5.41, 5.74) is 2.60. The van der Waals surface area contributed by atoms with Crippen LogP contribution in [0.4, 0.5) is 5.69 Å². The fourth-order valence-corrected chi connectivity index (χ4v) is 2.68. The number of fused-ring (bicyclic) bond motifs is 1. The Hall–Kier alpha value is -1.81. The average molecular weight is 272 g/mol. The highest BCUT2D eigenvalue weighted by Gasteiger charge is 2.19. The Morgan fingerprint density at radius 1 is 1.26 bits per heavy atom. The molecule has 0 saturated carbocycles. The van der Waals surface area contributed by atoms with Crippen molar-refractivity contribution in [1.29, 1.82) is 0 Å². The maximum Gasteiger partial charge on any atom is 0.173 e. The van der Waals surface area contributed by atoms with E-state index >= 15 is 0 Å². The second-order valence-electron chi connectivity index (χ2n) is 4.62. The van der Waals surface area contributed by atoms with Crippen LogP contribution in [0.1, 0.15) is 17.7 Å². The minimum absolute atomic E-state index is 0.629. The standard InChI is InChI=1S/C15H16N2OS/c19-15(16-11-13-7-4-10-18-13)17-9-3-6-12-5-1-2-8-14(12)17/h1-2,4-5,7-8,10H,3,6,9,11H2,(H,16,19). The number of aryl methyl sites for hydroxylation is 1. The molecule has 19 heavy (non-hydrogen) atoms. The first-order chi connectivity index (χ1) is 9.34. The Bertz CT molecular complexity index is 565. The summed E-state index contributed by atoms with van der Waals surface area (Å²) in [6, 6.07) is 12.3. The summed E-state index contributed by atoms with van der Waals surface area (Å²) in [6.07, 6.45) is 3.95. The van der Waals surface area contributed by atoms with E-state index in [1.807, 2.05) is 12.1 Å². The second kappa shape index (κ2) is 5.45. The van der Waals surface area contributed by atoms with Crippen LogP contribution in [0, 0.1) is 0 Å². The van der Waals surface area contributed by atoms with Gasteiger partial charge in [0.25, 0.3) is 0 Å². The Kier molecular flexibility index (Phi) is 3.51. The van der Waals surface area contributed by atoms with Crippen LogP contribution in [0.25, 0.3) is 0 Å². The zero-order valence-electron chi connectivity index (χ0n) is 10.6. The van der Waals surface area contributed by atoms with Gasteiger partial charge in [-0.2, -0.15) is 0 Å². The number of nitrogens with zero attached hydrogens (tertiary/aromatic N) is 1. The lowest BCUT2D eigenvalue weighted by molar-refractivity contribution is 0.503. The van der Waals surface area contributed by atoms with Gasteiger partial charge in [-0.3, -0.25) is 0 Å². The number of nitrogens with one attached hydrogen (secondary N) is 1. The van der Waals surface area contributed by atoms with Gasteiger partial charge < -0.3 is 14.6 Å². The molecule has 0 atom stereocenters. The quantitative estimate of drug-likeness (QED) is 0.850. The van der Waals surface area contributed by atoms with Crippen molar-refractivity contribution in [3.05, 3.63) is 54.0 Å². The number of hydrogen-bond donors (Lipinski definition) is 1. The molecule has 0 fully saturated rings. The fourth-order valence-electron chi connectivity index (χ4n) is 2.42. The summed E-state index contributed by atoms with van der Waals surface area (Å²) < 4.78 is 5.30. The topological polar surface area (TPSA) is 28.4 Å². The van der Waals surface area contributed by atoms with E-state index in [0.29, 0.717) is 6.54 Å². The Morgan fingerprint density at radius 2 is 2.16 bits per heavy atom. The minimum atomic E-state index is 0.629. The van der Waals surface area contributed by atoms with E-state index in [9.17, 15) is 0 Å². The van der Waals surface area contributed by atoms with Gasteiger partial charge in [-0.1, -0.05) is 18.2 Å². The summed E-state index contributed by atoms with van der Waals surface area (Å²) >= 11 is 5.50. The van der Waals surface area contributed by atoms with Gasteiger partial charge in [0.1, 0.15) is 5.76 Å². The molecule has 4 heteroatoms. The molecular weight excluding hydrogens is 256 g/mol. The molecule has 1 aromatic heterocycles. The van der Waals surface area contributed by atoms with Gasteiger partial charge in [-0.25, -0.2) is 0 Å². The molecule has 0 radical (unpaired) electrons. The van der Waals surface area contributed by atoms with Gasteiger partial charge in [-0.05, 0) is 48.8 Å². The largest absolute Gasteiger partial charge is 0.467 e. The number of rotatable bonds is 2. The summed E-state index contributed by atoms with van der Waals surface area (Å²) in [5.74, 6) is 0.896. The van der Waals surface area contributed by atoms with E-state index in [-0.39, 0.29) is 0 Å². The molecule has 1 aromatic carbocycles. The number of para-hydroxylation sites is 1. The summed E-state index contributed by atoms with van der Waals surface area (Å²) in [6.45, 7) is 1.60. The van der Waals surface area contributed by atoms with Crippen molar-refractivity contribution in [2.24, 2.45) is 0 Å². The molecule has 1 aliphatic heterocycles. The third-order valence-corrected chi connectivity index (χ3v) is 3.71. The smallest absolute Gasteiger partial charge is 0.173 e. The van der Waals surface area contributed by atoms with Gasteiger partial charge in [0, 0.05) is 12.2 Å². The van der Waals surface area contributed by atoms with E-state index in [1.54, 1.807) is 6.26 Å². The lowest BCUT2D eigenvalue weighted by Crippen LogP contribution is -2.42. The van der Waals surface area contributed by atoms with Crippen LogP contribution in [-0.2, 0) is 13.0 Å². The van der Waals surface area contributed by atoms with Crippen molar-refractivity contribution in [2.75, 3.05) is 11.4 Å². The predicted molar refractivity (Wildman–Crippen MR) is 80.3 cm³/mol. The number of benzene rings is 1.